The Labute approximate surface area is 120 Å². The summed E-state index contributed by atoms with van der Waals surface area (Å²) in [5.74, 6) is -1.15. The second kappa shape index (κ2) is 6.21. The van der Waals surface area contributed by atoms with E-state index >= 15 is 0 Å². The highest BCUT2D eigenvalue weighted by Crippen LogP contribution is 2.39. The van der Waals surface area contributed by atoms with Crippen LogP contribution in [0.2, 0.25) is 0 Å². The van der Waals surface area contributed by atoms with E-state index in [0.717, 1.165) is 30.6 Å². The van der Waals surface area contributed by atoms with Gasteiger partial charge >= 0.3 is 10.8 Å². The summed E-state index contributed by atoms with van der Waals surface area (Å²) in [5.41, 5.74) is -0.272. The summed E-state index contributed by atoms with van der Waals surface area (Å²) >= 11 is 1.04. The van der Waals surface area contributed by atoms with Crippen molar-refractivity contribution in [3.8, 4) is 0 Å². The fourth-order valence-electron chi connectivity index (χ4n) is 2.66. The summed E-state index contributed by atoms with van der Waals surface area (Å²) in [5, 5.41) is 13.7. The lowest BCUT2D eigenvalue weighted by Gasteiger charge is -2.32. The van der Waals surface area contributed by atoms with Crippen LogP contribution in [-0.4, -0.2) is 22.0 Å². The lowest BCUT2D eigenvalue weighted by atomic mass is 9.71. The Kier molecular flexibility index (Phi) is 4.59. The molecule has 0 aliphatic heterocycles. The van der Waals surface area contributed by atoms with Crippen molar-refractivity contribution < 1.29 is 14.7 Å². The molecule has 110 valence electrons. The minimum atomic E-state index is -0.912. The van der Waals surface area contributed by atoms with E-state index in [2.05, 4.69) is 10.3 Å². The van der Waals surface area contributed by atoms with Crippen LogP contribution in [0.1, 0.15) is 44.2 Å². The minimum Gasteiger partial charge on any atom is -0.481 e. The molecule has 20 heavy (non-hydrogen) atoms. The second-order valence-electron chi connectivity index (χ2n) is 5.27. The Hall–Kier alpha value is -1.63. The number of aliphatic carboxylic acids is 1. The zero-order valence-electron chi connectivity index (χ0n) is 11.1. The molecule has 0 saturated heterocycles. The normalized spacial score (nSPS) is 17.6. The van der Waals surface area contributed by atoms with Gasteiger partial charge in [0, 0.05) is 17.5 Å². The Balaban J connectivity index is 1.91. The minimum absolute atomic E-state index is 0.0106. The van der Waals surface area contributed by atoms with Crippen LogP contribution in [0.3, 0.4) is 0 Å². The van der Waals surface area contributed by atoms with Gasteiger partial charge in [-0.25, -0.2) is 0 Å². The van der Waals surface area contributed by atoms with Crippen LogP contribution in [0.25, 0.3) is 0 Å². The number of carbonyl (C=O) groups is 2. The average molecular weight is 298 g/mol. The first-order valence-corrected chi connectivity index (χ1v) is 7.57. The highest BCUT2D eigenvalue weighted by Gasteiger charge is 2.41. The molecule has 0 bridgehead atoms. The number of rotatable bonds is 5. The maximum Gasteiger partial charge on any atom is 0.310 e. The monoisotopic (exact) mass is 298 g/mol. The standard InChI is InChI=1S/C13H18N2O4S/c16-10(14-7-9-8-20-12(19)15-9)6-13(11(17)18)4-2-1-3-5-13/h8H,1-7H2,(H,14,16)(H,15,19)(H,17,18). The smallest absolute Gasteiger partial charge is 0.310 e. The largest absolute Gasteiger partial charge is 0.481 e. The van der Waals surface area contributed by atoms with Crippen LogP contribution in [0.4, 0.5) is 0 Å². The van der Waals surface area contributed by atoms with E-state index in [-0.39, 0.29) is 23.7 Å². The summed E-state index contributed by atoms with van der Waals surface area (Å²) in [4.78, 5) is 36.8. The molecule has 1 aromatic rings. The second-order valence-corrected chi connectivity index (χ2v) is 6.12. The van der Waals surface area contributed by atoms with Crippen molar-refractivity contribution in [3.63, 3.8) is 0 Å². The van der Waals surface area contributed by atoms with Crippen molar-refractivity contribution in [1.29, 1.82) is 0 Å². The zero-order valence-corrected chi connectivity index (χ0v) is 11.9. The van der Waals surface area contributed by atoms with Crippen molar-refractivity contribution in [2.24, 2.45) is 5.41 Å². The van der Waals surface area contributed by atoms with Gasteiger partial charge in [-0.15, -0.1) is 0 Å². The first-order chi connectivity index (χ1) is 9.52. The molecule has 0 atom stereocenters. The van der Waals surface area contributed by atoms with Gasteiger partial charge in [0.25, 0.3) is 0 Å². The molecule has 1 aliphatic rings. The summed E-state index contributed by atoms with van der Waals surface area (Å²) in [7, 11) is 0. The van der Waals surface area contributed by atoms with Crippen molar-refractivity contribution in [2.75, 3.05) is 0 Å². The van der Waals surface area contributed by atoms with Crippen molar-refractivity contribution >= 4 is 23.2 Å². The number of hydrogen-bond donors (Lipinski definition) is 3. The van der Waals surface area contributed by atoms with Crippen LogP contribution in [0, 0.1) is 5.41 Å². The Morgan fingerprint density at radius 3 is 2.60 bits per heavy atom. The number of aromatic nitrogens is 1. The zero-order chi connectivity index (χ0) is 14.6. The fraction of sp³-hybridized carbons (Fsp3) is 0.615. The first kappa shape index (κ1) is 14.8. The molecule has 3 N–H and O–H groups in total. The highest BCUT2D eigenvalue weighted by molar-refractivity contribution is 7.07. The molecule has 0 aromatic carbocycles. The fourth-order valence-corrected chi connectivity index (χ4v) is 3.24. The molecule has 1 aliphatic carbocycles. The number of H-pyrrole nitrogens is 1. The maximum absolute atomic E-state index is 11.9. The quantitative estimate of drug-likeness (QED) is 0.766. The van der Waals surface area contributed by atoms with E-state index < -0.39 is 11.4 Å². The van der Waals surface area contributed by atoms with Gasteiger partial charge in [-0.05, 0) is 12.8 Å². The van der Waals surface area contributed by atoms with Gasteiger partial charge < -0.3 is 15.4 Å². The molecule has 1 aromatic heterocycles. The molecule has 1 amide bonds. The van der Waals surface area contributed by atoms with Crippen molar-refractivity contribution in [1.82, 2.24) is 10.3 Å². The van der Waals surface area contributed by atoms with E-state index in [1.807, 2.05) is 0 Å². The third-order valence-electron chi connectivity index (χ3n) is 3.81. The molecule has 7 heteroatoms. The molecule has 6 nitrogen and oxygen atoms in total. The Morgan fingerprint density at radius 1 is 1.35 bits per heavy atom. The van der Waals surface area contributed by atoms with Crippen LogP contribution in [-0.2, 0) is 16.1 Å². The molecule has 1 fully saturated rings. The average Bonchev–Trinajstić information content (AvgIpc) is 2.83. The molecule has 0 spiro atoms. The Morgan fingerprint density at radius 2 is 2.05 bits per heavy atom. The third-order valence-corrected chi connectivity index (χ3v) is 4.53. The van der Waals surface area contributed by atoms with E-state index in [1.54, 1.807) is 5.38 Å². The van der Waals surface area contributed by atoms with E-state index in [4.69, 9.17) is 0 Å². The number of carboxylic acids is 1. The van der Waals surface area contributed by atoms with Crippen LogP contribution in [0.5, 0.6) is 0 Å². The number of aromatic amines is 1. The molecule has 0 unspecified atom stereocenters. The van der Waals surface area contributed by atoms with Crippen LogP contribution < -0.4 is 10.2 Å². The van der Waals surface area contributed by atoms with Gasteiger partial charge in [-0.3, -0.25) is 14.4 Å². The van der Waals surface area contributed by atoms with Gasteiger partial charge in [-0.1, -0.05) is 30.6 Å². The van der Waals surface area contributed by atoms with E-state index in [1.165, 1.54) is 0 Å². The van der Waals surface area contributed by atoms with E-state index in [0.29, 0.717) is 18.5 Å². The number of carboxylic acid groups (broad SMARTS) is 1. The third kappa shape index (κ3) is 3.47. The Bertz CT molecular complexity index is 543. The number of carbonyl (C=O) groups excluding carboxylic acids is 1. The van der Waals surface area contributed by atoms with Gasteiger partial charge in [0.2, 0.25) is 5.91 Å². The van der Waals surface area contributed by atoms with Crippen molar-refractivity contribution in [2.45, 2.75) is 45.1 Å². The van der Waals surface area contributed by atoms with Gasteiger partial charge in [0.15, 0.2) is 0 Å². The van der Waals surface area contributed by atoms with Crippen LogP contribution >= 0.6 is 11.3 Å². The number of hydrogen-bond acceptors (Lipinski definition) is 4. The van der Waals surface area contributed by atoms with Crippen molar-refractivity contribution in [3.05, 3.63) is 20.7 Å². The van der Waals surface area contributed by atoms with E-state index in [9.17, 15) is 19.5 Å². The highest BCUT2D eigenvalue weighted by atomic mass is 32.1. The number of thiazole rings is 1. The molecule has 2 rings (SSSR count). The molecule has 1 heterocycles. The lowest BCUT2D eigenvalue weighted by molar-refractivity contribution is -0.154. The molecular weight excluding hydrogens is 280 g/mol. The van der Waals surface area contributed by atoms with Gasteiger partial charge in [0.05, 0.1) is 12.0 Å². The summed E-state index contributed by atoms with van der Waals surface area (Å²) < 4.78 is 0. The first-order valence-electron chi connectivity index (χ1n) is 6.69. The number of nitrogens with one attached hydrogen (secondary N) is 2. The molecule has 1 saturated carbocycles. The van der Waals surface area contributed by atoms with Gasteiger partial charge in [-0.2, -0.15) is 0 Å². The molecule has 0 radical (unpaired) electrons. The predicted molar refractivity (Wildman–Crippen MR) is 74.6 cm³/mol. The summed E-state index contributed by atoms with van der Waals surface area (Å²) in [6.07, 6.45) is 3.88. The topological polar surface area (TPSA) is 99.3 Å². The van der Waals surface area contributed by atoms with Crippen LogP contribution in [0.15, 0.2) is 10.2 Å². The summed E-state index contributed by atoms with van der Waals surface area (Å²) in [6.45, 7) is 0.229. The SMILES string of the molecule is O=C(CC1(C(=O)O)CCCCC1)NCc1csc(=O)[nH]1. The summed E-state index contributed by atoms with van der Waals surface area (Å²) in [6, 6.07) is 0. The van der Waals surface area contributed by atoms with Gasteiger partial charge in [0.1, 0.15) is 0 Å². The number of amides is 1. The maximum atomic E-state index is 11.9. The predicted octanol–water partition coefficient (Wildman–Crippen LogP) is 1.48. The molecular formula is C13H18N2O4S. The lowest BCUT2D eigenvalue weighted by Crippen LogP contribution is -2.39.